The first-order chi connectivity index (χ1) is 8.25. The van der Waals surface area contributed by atoms with Crippen LogP contribution in [0.15, 0.2) is 48.7 Å². The van der Waals surface area contributed by atoms with Crippen LogP contribution in [-0.4, -0.2) is 10.8 Å². The highest BCUT2D eigenvalue weighted by Crippen LogP contribution is 2.18. The van der Waals surface area contributed by atoms with Crippen LogP contribution in [-0.2, 0) is 11.2 Å². The van der Waals surface area contributed by atoms with Crippen LogP contribution in [0.4, 0.5) is 11.5 Å². The highest BCUT2D eigenvalue weighted by atomic mass is 16.1. The maximum Gasteiger partial charge on any atom is 0.134 e. The van der Waals surface area contributed by atoms with Crippen molar-refractivity contribution in [1.82, 2.24) is 4.98 Å². The number of para-hydroxylation sites is 1. The van der Waals surface area contributed by atoms with E-state index in [0.29, 0.717) is 6.42 Å². The Morgan fingerprint density at radius 1 is 1.18 bits per heavy atom. The molecule has 1 aromatic heterocycles. The fourth-order valence-corrected chi connectivity index (χ4v) is 1.62. The summed E-state index contributed by atoms with van der Waals surface area (Å²) in [7, 11) is 0. The number of aromatic nitrogens is 1. The molecular formula is C14H14N2O. The molecule has 0 bridgehead atoms. The standard InChI is InChI=1S/C14H14N2O/c1-11(17)10-12-6-5-9-15-14(12)16-13-7-3-2-4-8-13/h2-9H,10H2,1H3,(H,15,16). The Labute approximate surface area is 101 Å². The van der Waals surface area contributed by atoms with Gasteiger partial charge >= 0.3 is 0 Å². The van der Waals surface area contributed by atoms with E-state index < -0.39 is 0 Å². The minimum atomic E-state index is 0.133. The number of rotatable bonds is 4. The Kier molecular flexibility index (Phi) is 3.50. The summed E-state index contributed by atoms with van der Waals surface area (Å²) in [5.41, 5.74) is 1.89. The molecule has 0 amide bonds. The molecule has 0 spiro atoms. The van der Waals surface area contributed by atoms with Crippen molar-refractivity contribution in [2.24, 2.45) is 0 Å². The molecule has 2 rings (SSSR count). The maximum atomic E-state index is 11.2. The van der Waals surface area contributed by atoms with Gasteiger partial charge in [0.25, 0.3) is 0 Å². The molecule has 3 nitrogen and oxygen atoms in total. The molecule has 0 aliphatic carbocycles. The lowest BCUT2D eigenvalue weighted by atomic mass is 10.1. The molecule has 0 saturated heterocycles. The van der Waals surface area contributed by atoms with Gasteiger partial charge in [0.2, 0.25) is 0 Å². The molecule has 1 aromatic carbocycles. The number of pyridine rings is 1. The number of carbonyl (C=O) groups is 1. The normalized spacial score (nSPS) is 9.94. The molecule has 2 aromatic rings. The van der Waals surface area contributed by atoms with Crippen molar-refractivity contribution >= 4 is 17.3 Å². The smallest absolute Gasteiger partial charge is 0.134 e. The van der Waals surface area contributed by atoms with Crippen LogP contribution in [0.25, 0.3) is 0 Å². The molecular weight excluding hydrogens is 212 g/mol. The van der Waals surface area contributed by atoms with Crippen LogP contribution in [0.5, 0.6) is 0 Å². The molecule has 86 valence electrons. The van der Waals surface area contributed by atoms with Crippen molar-refractivity contribution in [3.8, 4) is 0 Å². The second kappa shape index (κ2) is 5.25. The van der Waals surface area contributed by atoms with Gasteiger partial charge in [-0.05, 0) is 25.1 Å². The number of nitrogens with zero attached hydrogens (tertiary/aromatic N) is 1. The molecule has 17 heavy (non-hydrogen) atoms. The van der Waals surface area contributed by atoms with Crippen molar-refractivity contribution in [3.63, 3.8) is 0 Å². The molecule has 0 fully saturated rings. The van der Waals surface area contributed by atoms with Crippen LogP contribution >= 0.6 is 0 Å². The van der Waals surface area contributed by atoms with E-state index in [4.69, 9.17) is 0 Å². The zero-order valence-corrected chi connectivity index (χ0v) is 9.68. The van der Waals surface area contributed by atoms with Gasteiger partial charge in [-0.3, -0.25) is 4.79 Å². The maximum absolute atomic E-state index is 11.2. The Morgan fingerprint density at radius 3 is 2.65 bits per heavy atom. The molecule has 0 atom stereocenters. The Bertz CT molecular complexity index is 509. The minimum absolute atomic E-state index is 0.133. The number of nitrogens with one attached hydrogen (secondary N) is 1. The second-order valence-corrected chi connectivity index (χ2v) is 3.88. The van der Waals surface area contributed by atoms with Crippen LogP contribution in [0.1, 0.15) is 12.5 Å². The van der Waals surface area contributed by atoms with Crippen LogP contribution in [0.3, 0.4) is 0 Å². The molecule has 1 N–H and O–H groups in total. The first-order valence-corrected chi connectivity index (χ1v) is 5.51. The monoisotopic (exact) mass is 226 g/mol. The van der Waals surface area contributed by atoms with Crippen molar-refractivity contribution < 1.29 is 4.79 Å². The van der Waals surface area contributed by atoms with Crippen LogP contribution < -0.4 is 5.32 Å². The first-order valence-electron chi connectivity index (χ1n) is 5.51. The average Bonchev–Trinajstić information content (AvgIpc) is 2.32. The van der Waals surface area contributed by atoms with E-state index >= 15 is 0 Å². The first kappa shape index (κ1) is 11.3. The number of carbonyl (C=O) groups excluding carboxylic acids is 1. The van der Waals surface area contributed by atoms with Gasteiger partial charge in [0.1, 0.15) is 11.6 Å². The van der Waals surface area contributed by atoms with Gasteiger partial charge in [0.05, 0.1) is 0 Å². The number of Topliss-reactive ketones (excluding diaryl/α,β-unsaturated/α-hetero) is 1. The summed E-state index contributed by atoms with van der Waals surface area (Å²) in [6.45, 7) is 1.58. The molecule has 0 saturated carbocycles. The third-order valence-corrected chi connectivity index (χ3v) is 2.37. The van der Waals surface area contributed by atoms with Crippen molar-refractivity contribution in [1.29, 1.82) is 0 Å². The lowest BCUT2D eigenvalue weighted by Gasteiger charge is -2.09. The van der Waals surface area contributed by atoms with Gasteiger partial charge in [-0.1, -0.05) is 24.3 Å². The number of anilines is 2. The highest BCUT2D eigenvalue weighted by Gasteiger charge is 2.05. The third kappa shape index (κ3) is 3.14. The topological polar surface area (TPSA) is 42.0 Å². The summed E-state index contributed by atoms with van der Waals surface area (Å²) in [5.74, 6) is 0.878. The molecule has 3 heteroatoms. The van der Waals surface area contributed by atoms with Gasteiger partial charge in [-0.2, -0.15) is 0 Å². The van der Waals surface area contributed by atoms with Gasteiger partial charge in [-0.25, -0.2) is 4.98 Å². The quantitative estimate of drug-likeness (QED) is 0.871. The number of benzene rings is 1. The summed E-state index contributed by atoms with van der Waals surface area (Å²) >= 11 is 0. The van der Waals surface area contributed by atoms with Crippen molar-refractivity contribution in [2.45, 2.75) is 13.3 Å². The Morgan fingerprint density at radius 2 is 1.94 bits per heavy atom. The van der Waals surface area contributed by atoms with Crippen molar-refractivity contribution in [2.75, 3.05) is 5.32 Å². The molecule has 0 aliphatic heterocycles. The number of ketones is 1. The predicted molar refractivity (Wildman–Crippen MR) is 68.3 cm³/mol. The molecule has 1 heterocycles. The van der Waals surface area contributed by atoms with E-state index in [9.17, 15) is 4.79 Å². The third-order valence-electron chi connectivity index (χ3n) is 2.37. The van der Waals surface area contributed by atoms with E-state index in [1.807, 2.05) is 42.5 Å². The highest BCUT2D eigenvalue weighted by molar-refractivity contribution is 5.80. The second-order valence-electron chi connectivity index (χ2n) is 3.88. The van der Waals surface area contributed by atoms with Gasteiger partial charge in [0, 0.05) is 23.9 Å². The molecule has 0 radical (unpaired) electrons. The zero-order valence-electron chi connectivity index (χ0n) is 9.68. The summed E-state index contributed by atoms with van der Waals surface area (Å²) in [6.07, 6.45) is 2.12. The molecule has 0 unspecified atom stereocenters. The predicted octanol–water partition coefficient (Wildman–Crippen LogP) is 2.96. The lowest BCUT2D eigenvalue weighted by molar-refractivity contribution is -0.116. The SMILES string of the molecule is CC(=O)Cc1cccnc1Nc1ccccc1. The van der Waals surface area contributed by atoms with Crippen molar-refractivity contribution in [3.05, 3.63) is 54.2 Å². The average molecular weight is 226 g/mol. The summed E-state index contributed by atoms with van der Waals surface area (Å²) < 4.78 is 0. The minimum Gasteiger partial charge on any atom is -0.340 e. The van der Waals surface area contributed by atoms with E-state index in [2.05, 4.69) is 10.3 Å². The van der Waals surface area contributed by atoms with Gasteiger partial charge < -0.3 is 5.32 Å². The van der Waals surface area contributed by atoms with E-state index in [0.717, 1.165) is 17.1 Å². The largest absolute Gasteiger partial charge is 0.340 e. The summed E-state index contributed by atoms with van der Waals surface area (Å²) in [5, 5.41) is 3.21. The van der Waals surface area contributed by atoms with Gasteiger partial charge in [-0.15, -0.1) is 0 Å². The molecule has 0 aliphatic rings. The Balaban J connectivity index is 2.23. The van der Waals surface area contributed by atoms with E-state index in [1.54, 1.807) is 13.1 Å². The number of hydrogen-bond acceptors (Lipinski definition) is 3. The number of hydrogen-bond donors (Lipinski definition) is 1. The lowest BCUT2D eigenvalue weighted by Crippen LogP contribution is -2.03. The van der Waals surface area contributed by atoms with Crippen LogP contribution in [0, 0.1) is 0 Å². The fourth-order valence-electron chi connectivity index (χ4n) is 1.62. The summed E-state index contributed by atoms with van der Waals surface area (Å²) in [6, 6.07) is 13.6. The summed E-state index contributed by atoms with van der Waals surface area (Å²) in [4.78, 5) is 15.4. The van der Waals surface area contributed by atoms with E-state index in [-0.39, 0.29) is 5.78 Å². The fraction of sp³-hybridized carbons (Fsp3) is 0.143. The van der Waals surface area contributed by atoms with E-state index in [1.165, 1.54) is 0 Å². The zero-order chi connectivity index (χ0) is 12.1. The van der Waals surface area contributed by atoms with Crippen LogP contribution in [0.2, 0.25) is 0 Å². The van der Waals surface area contributed by atoms with Gasteiger partial charge in [0.15, 0.2) is 0 Å². The Hall–Kier alpha value is -2.16.